The lowest BCUT2D eigenvalue weighted by atomic mass is 10.1. The van der Waals surface area contributed by atoms with Crippen molar-refractivity contribution in [2.45, 2.75) is 0 Å². The molecule has 0 amide bonds. The van der Waals surface area contributed by atoms with Crippen LogP contribution >= 0.6 is 11.6 Å². The van der Waals surface area contributed by atoms with E-state index in [2.05, 4.69) is 33.7 Å². The summed E-state index contributed by atoms with van der Waals surface area (Å²) in [6.45, 7) is 3.91. The molecule has 0 saturated carbocycles. The standard InChI is InChI=1S/C17H17ClN4/c18-12-5-6-15-16(11-12)20-14-4-2-1-3-13(14)17(21-15)22-9-7-19-8-10-22/h1-6,11,19-20H,7-10H2. The summed E-state index contributed by atoms with van der Waals surface area (Å²) in [6.07, 6.45) is 0. The first-order valence-electron chi connectivity index (χ1n) is 7.51. The van der Waals surface area contributed by atoms with E-state index in [-0.39, 0.29) is 0 Å². The van der Waals surface area contributed by atoms with E-state index >= 15 is 0 Å². The lowest BCUT2D eigenvalue weighted by Crippen LogP contribution is -2.46. The average Bonchev–Trinajstić information content (AvgIpc) is 2.72. The highest BCUT2D eigenvalue weighted by Gasteiger charge is 2.22. The molecule has 0 unspecified atom stereocenters. The van der Waals surface area contributed by atoms with Gasteiger partial charge in [0, 0.05) is 42.5 Å². The van der Waals surface area contributed by atoms with Crippen LogP contribution in [-0.4, -0.2) is 36.9 Å². The van der Waals surface area contributed by atoms with Crippen LogP contribution in [0.5, 0.6) is 0 Å². The molecule has 2 aliphatic rings. The highest BCUT2D eigenvalue weighted by molar-refractivity contribution is 6.31. The maximum atomic E-state index is 6.13. The molecule has 0 atom stereocenters. The second-order valence-corrected chi connectivity index (χ2v) is 5.94. The highest BCUT2D eigenvalue weighted by Crippen LogP contribution is 2.36. The molecule has 2 N–H and O–H groups in total. The SMILES string of the molecule is Clc1ccc2c(c1)Nc1ccccc1C(N1CCNCC1)=N2. The maximum Gasteiger partial charge on any atom is 0.138 e. The number of anilines is 2. The van der Waals surface area contributed by atoms with Gasteiger partial charge < -0.3 is 15.5 Å². The Hall–Kier alpha value is -2.04. The van der Waals surface area contributed by atoms with Crippen molar-refractivity contribution in [2.75, 3.05) is 31.5 Å². The average molecular weight is 313 g/mol. The van der Waals surface area contributed by atoms with E-state index in [9.17, 15) is 0 Å². The minimum Gasteiger partial charge on any atom is -0.353 e. The number of nitrogens with one attached hydrogen (secondary N) is 2. The number of nitrogens with zero attached hydrogens (tertiary/aromatic N) is 2. The fraction of sp³-hybridized carbons (Fsp3) is 0.235. The molecule has 1 fully saturated rings. The molecule has 0 aliphatic carbocycles. The van der Waals surface area contributed by atoms with Gasteiger partial charge in [-0.05, 0) is 30.3 Å². The molecule has 2 aromatic carbocycles. The Morgan fingerprint density at radius 1 is 1.00 bits per heavy atom. The number of para-hydroxylation sites is 1. The van der Waals surface area contributed by atoms with Gasteiger partial charge in [-0.25, -0.2) is 4.99 Å². The Kier molecular flexibility index (Phi) is 3.48. The number of hydrogen-bond acceptors (Lipinski definition) is 4. The van der Waals surface area contributed by atoms with Crippen molar-refractivity contribution in [3.8, 4) is 0 Å². The van der Waals surface area contributed by atoms with E-state index < -0.39 is 0 Å². The lowest BCUT2D eigenvalue weighted by molar-refractivity contribution is 0.358. The van der Waals surface area contributed by atoms with Crippen LogP contribution in [0, 0.1) is 0 Å². The number of hydrogen-bond donors (Lipinski definition) is 2. The van der Waals surface area contributed by atoms with Crippen LogP contribution in [0.15, 0.2) is 47.5 Å². The van der Waals surface area contributed by atoms with E-state index in [4.69, 9.17) is 16.6 Å². The highest BCUT2D eigenvalue weighted by atomic mass is 35.5. The molecule has 5 heteroatoms. The summed E-state index contributed by atoms with van der Waals surface area (Å²) in [7, 11) is 0. The minimum absolute atomic E-state index is 0.713. The molecule has 4 nitrogen and oxygen atoms in total. The van der Waals surface area contributed by atoms with Gasteiger partial charge in [0.25, 0.3) is 0 Å². The normalized spacial score (nSPS) is 17.0. The van der Waals surface area contributed by atoms with Gasteiger partial charge in [-0.3, -0.25) is 0 Å². The van der Waals surface area contributed by atoms with Gasteiger partial charge in [0.1, 0.15) is 5.84 Å². The molecular weight excluding hydrogens is 296 g/mol. The Morgan fingerprint density at radius 2 is 1.82 bits per heavy atom. The summed E-state index contributed by atoms with van der Waals surface area (Å²) in [6, 6.07) is 14.1. The van der Waals surface area contributed by atoms with Gasteiger partial charge in [0.2, 0.25) is 0 Å². The van der Waals surface area contributed by atoms with E-state index in [0.29, 0.717) is 5.02 Å². The largest absolute Gasteiger partial charge is 0.353 e. The smallest absolute Gasteiger partial charge is 0.138 e. The predicted molar refractivity (Wildman–Crippen MR) is 91.8 cm³/mol. The van der Waals surface area contributed by atoms with Gasteiger partial charge in [0.15, 0.2) is 0 Å². The molecule has 0 radical (unpaired) electrons. The molecule has 0 bridgehead atoms. The molecule has 4 rings (SSSR count). The van der Waals surface area contributed by atoms with Crippen molar-refractivity contribution in [1.82, 2.24) is 10.2 Å². The van der Waals surface area contributed by atoms with Crippen LogP contribution in [-0.2, 0) is 0 Å². The number of rotatable bonds is 0. The fourth-order valence-electron chi connectivity index (χ4n) is 2.93. The van der Waals surface area contributed by atoms with Crippen molar-refractivity contribution >= 4 is 34.5 Å². The second-order valence-electron chi connectivity index (χ2n) is 5.50. The predicted octanol–water partition coefficient (Wildman–Crippen LogP) is 3.38. The second kappa shape index (κ2) is 5.63. The molecule has 2 aliphatic heterocycles. The van der Waals surface area contributed by atoms with Crippen molar-refractivity contribution in [2.24, 2.45) is 4.99 Å². The van der Waals surface area contributed by atoms with Crippen molar-refractivity contribution in [3.63, 3.8) is 0 Å². The monoisotopic (exact) mass is 312 g/mol. The molecule has 112 valence electrons. The van der Waals surface area contributed by atoms with Crippen molar-refractivity contribution in [3.05, 3.63) is 53.1 Å². The van der Waals surface area contributed by atoms with Crippen molar-refractivity contribution < 1.29 is 0 Å². The molecule has 2 aromatic rings. The quantitative estimate of drug-likeness (QED) is 0.783. The van der Waals surface area contributed by atoms with Gasteiger partial charge in [-0.2, -0.15) is 0 Å². The van der Waals surface area contributed by atoms with Gasteiger partial charge in [-0.15, -0.1) is 0 Å². The first-order valence-corrected chi connectivity index (χ1v) is 7.89. The molecule has 0 aromatic heterocycles. The molecule has 0 spiro atoms. The molecule has 1 saturated heterocycles. The Labute approximate surface area is 134 Å². The van der Waals surface area contributed by atoms with Crippen LogP contribution in [0.25, 0.3) is 0 Å². The number of benzene rings is 2. The van der Waals surface area contributed by atoms with Crippen LogP contribution in [0.3, 0.4) is 0 Å². The summed E-state index contributed by atoms with van der Waals surface area (Å²) < 4.78 is 0. The number of piperazine rings is 1. The zero-order valence-electron chi connectivity index (χ0n) is 12.1. The lowest BCUT2D eigenvalue weighted by Gasteiger charge is -2.30. The number of aliphatic imine (C=N–C) groups is 1. The van der Waals surface area contributed by atoms with Gasteiger partial charge in [-0.1, -0.05) is 23.7 Å². The molecule has 2 heterocycles. The van der Waals surface area contributed by atoms with E-state index in [1.54, 1.807) is 0 Å². The topological polar surface area (TPSA) is 39.7 Å². The number of halogens is 1. The third-order valence-corrected chi connectivity index (χ3v) is 4.27. The van der Waals surface area contributed by atoms with Gasteiger partial charge >= 0.3 is 0 Å². The van der Waals surface area contributed by atoms with E-state index in [1.165, 1.54) is 0 Å². The summed E-state index contributed by atoms with van der Waals surface area (Å²) in [5.74, 6) is 1.03. The number of amidine groups is 1. The maximum absolute atomic E-state index is 6.13. The minimum atomic E-state index is 0.713. The Balaban J connectivity index is 1.87. The van der Waals surface area contributed by atoms with Crippen LogP contribution in [0.4, 0.5) is 17.1 Å². The first kappa shape index (κ1) is 13.6. The van der Waals surface area contributed by atoms with Crippen LogP contribution in [0.2, 0.25) is 5.02 Å². The van der Waals surface area contributed by atoms with Crippen LogP contribution in [0.1, 0.15) is 5.56 Å². The van der Waals surface area contributed by atoms with E-state index in [0.717, 1.165) is 54.6 Å². The van der Waals surface area contributed by atoms with Crippen molar-refractivity contribution in [1.29, 1.82) is 0 Å². The van der Waals surface area contributed by atoms with Crippen LogP contribution < -0.4 is 10.6 Å². The third kappa shape index (κ3) is 2.45. The Morgan fingerprint density at radius 3 is 2.68 bits per heavy atom. The zero-order chi connectivity index (χ0) is 14.9. The summed E-state index contributed by atoms with van der Waals surface area (Å²) in [5.41, 5.74) is 4.08. The first-order chi connectivity index (χ1) is 10.8. The molecule has 22 heavy (non-hydrogen) atoms. The summed E-state index contributed by atoms with van der Waals surface area (Å²) in [4.78, 5) is 7.29. The fourth-order valence-corrected chi connectivity index (χ4v) is 3.10. The number of fused-ring (bicyclic) bond motifs is 2. The Bertz CT molecular complexity index is 735. The third-order valence-electron chi connectivity index (χ3n) is 4.04. The summed E-state index contributed by atoms with van der Waals surface area (Å²) >= 11 is 6.13. The zero-order valence-corrected chi connectivity index (χ0v) is 12.9. The summed E-state index contributed by atoms with van der Waals surface area (Å²) in [5, 5.41) is 7.57. The van der Waals surface area contributed by atoms with E-state index in [1.807, 2.05) is 24.3 Å². The molecular formula is C17H17ClN4. The van der Waals surface area contributed by atoms with Gasteiger partial charge in [0.05, 0.1) is 11.4 Å².